The van der Waals surface area contributed by atoms with Crippen LogP contribution in [0.5, 0.6) is 0 Å². The molecule has 0 radical (unpaired) electrons. The molecule has 0 heterocycles. The summed E-state index contributed by atoms with van der Waals surface area (Å²) in [5, 5.41) is 0. The quantitative estimate of drug-likeness (QED) is 0.785. The van der Waals surface area contributed by atoms with Crippen molar-refractivity contribution in [3.8, 4) is 0 Å². The van der Waals surface area contributed by atoms with E-state index in [1.807, 2.05) is 12.1 Å². The molecule has 0 bridgehead atoms. The number of hydrogen-bond donors (Lipinski definition) is 0. The zero-order chi connectivity index (χ0) is 13.0. The lowest BCUT2D eigenvalue weighted by Crippen LogP contribution is -2.05. The summed E-state index contributed by atoms with van der Waals surface area (Å²) >= 11 is 0. The van der Waals surface area contributed by atoms with Crippen LogP contribution in [0.25, 0.3) is 5.57 Å². The summed E-state index contributed by atoms with van der Waals surface area (Å²) in [6, 6.07) is 8.19. The molecule has 0 spiro atoms. The van der Waals surface area contributed by atoms with Crippen molar-refractivity contribution in [1.82, 2.24) is 0 Å². The van der Waals surface area contributed by atoms with Crippen LogP contribution >= 0.6 is 0 Å². The van der Waals surface area contributed by atoms with E-state index >= 15 is 0 Å². The van der Waals surface area contributed by atoms with E-state index in [9.17, 15) is 4.21 Å². The molecule has 2 unspecified atom stereocenters. The molecule has 0 fully saturated rings. The predicted molar refractivity (Wildman–Crippen MR) is 79.0 cm³/mol. The lowest BCUT2D eigenvalue weighted by atomic mass is 9.84. The topological polar surface area (TPSA) is 17.1 Å². The van der Waals surface area contributed by atoms with Crippen molar-refractivity contribution in [3.05, 3.63) is 35.9 Å². The van der Waals surface area contributed by atoms with Gasteiger partial charge in [-0.1, -0.05) is 38.0 Å². The SMILES string of the molecule is CCCC1CC=C(c2cccc(S(C)=O)c2)CC1. The van der Waals surface area contributed by atoms with Crippen molar-refractivity contribution in [1.29, 1.82) is 0 Å². The molecule has 1 nitrogen and oxygen atoms in total. The number of allylic oxidation sites excluding steroid dienone is 2. The largest absolute Gasteiger partial charge is 0.255 e. The van der Waals surface area contributed by atoms with Gasteiger partial charge in [-0.2, -0.15) is 0 Å². The Morgan fingerprint density at radius 2 is 2.22 bits per heavy atom. The Morgan fingerprint density at radius 1 is 1.39 bits per heavy atom. The second-order valence-corrected chi connectivity index (χ2v) is 6.52. The Morgan fingerprint density at radius 3 is 2.83 bits per heavy atom. The highest BCUT2D eigenvalue weighted by molar-refractivity contribution is 7.84. The van der Waals surface area contributed by atoms with Crippen LogP contribution in [-0.4, -0.2) is 10.5 Å². The van der Waals surface area contributed by atoms with Gasteiger partial charge in [0.2, 0.25) is 0 Å². The fourth-order valence-electron chi connectivity index (χ4n) is 2.70. The van der Waals surface area contributed by atoms with Gasteiger partial charge >= 0.3 is 0 Å². The highest BCUT2D eigenvalue weighted by atomic mass is 32.2. The minimum absolute atomic E-state index is 0.877. The Labute approximate surface area is 113 Å². The van der Waals surface area contributed by atoms with Gasteiger partial charge in [-0.3, -0.25) is 4.21 Å². The van der Waals surface area contributed by atoms with Crippen molar-refractivity contribution in [2.24, 2.45) is 5.92 Å². The summed E-state index contributed by atoms with van der Waals surface area (Å²) in [4.78, 5) is 0.934. The zero-order valence-corrected chi connectivity index (χ0v) is 12.1. The van der Waals surface area contributed by atoms with Gasteiger partial charge in [0.25, 0.3) is 0 Å². The monoisotopic (exact) mass is 262 g/mol. The van der Waals surface area contributed by atoms with Gasteiger partial charge in [0.05, 0.1) is 0 Å². The van der Waals surface area contributed by atoms with Crippen LogP contribution in [0, 0.1) is 5.92 Å². The molecule has 2 atom stereocenters. The van der Waals surface area contributed by atoms with Gasteiger partial charge in [0.1, 0.15) is 0 Å². The first kappa shape index (κ1) is 13.5. The Hall–Kier alpha value is -0.890. The first-order chi connectivity index (χ1) is 8.70. The maximum atomic E-state index is 11.5. The molecule has 0 aromatic heterocycles. The van der Waals surface area contributed by atoms with Crippen LogP contribution in [-0.2, 0) is 10.8 Å². The van der Waals surface area contributed by atoms with Crippen molar-refractivity contribution in [2.45, 2.75) is 43.9 Å². The van der Waals surface area contributed by atoms with E-state index in [4.69, 9.17) is 0 Å². The molecule has 2 heteroatoms. The fourth-order valence-corrected chi connectivity index (χ4v) is 3.26. The van der Waals surface area contributed by atoms with Gasteiger partial charge in [-0.05, 0) is 48.4 Å². The molecule has 0 amide bonds. The highest BCUT2D eigenvalue weighted by Crippen LogP contribution is 2.32. The van der Waals surface area contributed by atoms with Gasteiger partial charge in [0.15, 0.2) is 0 Å². The minimum atomic E-state index is -0.881. The fraction of sp³-hybridized carbons (Fsp3) is 0.500. The molecule has 0 aliphatic heterocycles. The first-order valence-corrected chi connectivity index (χ1v) is 8.39. The summed E-state index contributed by atoms with van der Waals surface area (Å²) in [5.74, 6) is 0.877. The third kappa shape index (κ3) is 3.32. The molecule has 0 saturated carbocycles. The molecule has 98 valence electrons. The van der Waals surface area contributed by atoms with Crippen LogP contribution in [0.3, 0.4) is 0 Å². The average Bonchev–Trinajstić information content (AvgIpc) is 2.40. The van der Waals surface area contributed by atoms with Crippen molar-refractivity contribution in [2.75, 3.05) is 6.26 Å². The Kier molecular flexibility index (Phi) is 4.76. The van der Waals surface area contributed by atoms with Crippen LogP contribution < -0.4 is 0 Å². The predicted octanol–water partition coefficient (Wildman–Crippen LogP) is 4.41. The van der Waals surface area contributed by atoms with Crippen LogP contribution in [0.1, 0.15) is 44.6 Å². The molecule has 0 saturated heterocycles. The van der Waals surface area contributed by atoms with E-state index in [1.54, 1.807) is 6.26 Å². The Balaban J connectivity index is 2.13. The van der Waals surface area contributed by atoms with E-state index < -0.39 is 10.8 Å². The molecule has 1 aromatic carbocycles. The van der Waals surface area contributed by atoms with E-state index in [2.05, 4.69) is 25.1 Å². The van der Waals surface area contributed by atoms with E-state index in [0.29, 0.717) is 0 Å². The molecule has 1 aromatic rings. The summed E-state index contributed by atoms with van der Waals surface area (Å²) in [5.41, 5.74) is 2.70. The van der Waals surface area contributed by atoms with E-state index in [1.165, 1.54) is 43.2 Å². The normalized spacial score (nSPS) is 21.4. The third-order valence-electron chi connectivity index (χ3n) is 3.75. The minimum Gasteiger partial charge on any atom is -0.255 e. The molecular weight excluding hydrogens is 240 g/mol. The zero-order valence-electron chi connectivity index (χ0n) is 11.3. The molecule has 1 aliphatic rings. The summed E-state index contributed by atoms with van der Waals surface area (Å²) in [6.45, 7) is 2.26. The van der Waals surface area contributed by atoms with Crippen LogP contribution in [0.4, 0.5) is 0 Å². The lowest BCUT2D eigenvalue weighted by Gasteiger charge is -2.21. The second kappa shape index (κ2) is 6.33. The Bertz CT molecular complexity index is 462. The smallest absolute Gasteiger partial charge is 0.0498 e. The van der Waals surface area contributed by atoms with Gasteiger partial charge in [0, 0.05) is 22.0 Å². The van der Waals surface area contributed by atoms with Crippen LogP contribution in [0.2, 0.25) is 0 Å². The number of rotatable bonds is 4. The van der Waals surface area contributed by atoms with Gasteiger partial charge < -0.3 is 0 Å². The summed E-state index contributed by atoms with van der Waals surface area (Å²) < 4.78 is 11.5. The highest BCUT2D eigenvalue weighted by Gasteiger charge is 2.14. The first-order valence-electron chi connectivity index (χ1n) is 6.83. The summed E-state index contributed by atoms with van der Waals surface area (Å²) in [7, 11) is -0.881. The van der Waals surface area contributed by atoms with E-state index in [0.717, 1.165) is 10.8 Å². The summed E-state index contributed by atoms with van der Waals surface area (Å²) in [6.07, 6.45) is 10.5. The lowest BCUT2D eigenvalue weighted by molar-refractivity contribution is 0.445. The standard InChI is InChI=1S/C16H22OS/c1-3-5-13-8-10-14(11-9-13)15-6-4-7-16(12-15)18(2)17/h4,6-7,10,12-13H,3,5,8-9,11H2,1-2H3. The maximum Gasteiger partial charge on any atom is 0.0498 e. The van der Waals surface area contributed by atoms with Gasteiger partial charge in [-0.15, -0.1) is 0 Å². The molecule has 18 heavy (non-hydrogen) atoms. The number of hydrogen-bond acceptors (Lipinski definition) is 1. The average molecular weight is 262 g/mol. The van der Waals surface area contributed by atoms with Crippen molar-refractivity contribution >= 4 is 16.4 Å². The second-order valence-electron chi connectivity index (χ2n) is 5.14. The van der Waals surface area contributed by atoms with Crippen molar-refractivity contribution < 1.29 is 4.21 Å². The molecular formula is C16H22OS. The molecule has 0 N–H and O–H groups in total. The van der Waals surface area contributed by atoms with Crippen molar-refractivity contribution in [3.63, 3.8) is 0 Å². The van der Waals surface area contributed by atoms with Crippen LogP contribution in [0.15, 0.2) is 35.2 Å². The molecule has 1 aliphatic carbocycles. The third-order valence-corrected chi connectivity index (χ3v) is 4.67. The maximum absolute atomic E-state index is 11.5. The number of benzene rings is 1. The van der Waals surface area contributed by atoms with E-state index in [-0.39, 0.29) is 0 Å². The van der Waals surface area contributed by atoms with Gasteiger partial charge in [-0.25, -0.2) is 0 Å². The molecule has 2 rings (SSSR count).